The van der Waals surface area contributed by atoms with Crippen LogP contribution in [0.15, 0.2) is 36.7 Å². The molecule has 136 valence electrons. The van der Waals surface area contributed by atoms with Crippen LogP contribution < -0.4 is 14.4 Å². The van der Waals surface area contributed by atoms with E-state index in [-0.39, 0.29) is 12.2 Å². The summed E-state index contributed by atoms with van der Waals surface area (Å²) in [5.74, 6) is -2.23. The van der Waals surface area contributed by atoms with E-state index in [0.29, 0.717) is 28.3 Å². The van der Waals surface area contributed by atoms with Crippen LogP contribution in [0, 0.1) is 17.5 Å². The van der Waals surface area contributed by atoms with Crippen molar-refractivity contribution in [3.8, 4) is 11.5 Å². The van der Waals surface area contributed by atoms with Crippen LogP contribution >= 0.6 is 11.5 Å². The molecule has 0 N–H and O–H groups in total. The van der Waals surface area contributed by atoms with Gasteiger partial charge in [0.05, 0.1) is 26.5 Å². The number of nitrogens with zero attached hydrogens (tertiary/aromatic N) is 3. The van der Waals surface area contributed by atoms with Gasteiger partial charge in [0.25, 0.3) is 0 Å². The van der Waals surface area contributed by atoms with E-state index in [4.69, 9.17) is 9.47 Å². The van der Waals surface area contributed by atoms with Crippen LogP contribution in [0.2, 0.25) is 0 Å². The van der Waals surface area contributed by atoms with Crippen molar-refractivity contribution >= 4 is 22.4 Å². The molecule has 3 rings (SSSR count). The van der Waals surface area contributed by atoms with Crippen molar-refractivity contribution in [3.05, 3.63) is 59.7 Å². The predicted molar refractivity (Wildman–Crippen MR) is 91.6 cm³/mol. The Morgan fingerprint density at radius 1 is 1.00 bits per heavy atom. The minimum absolute atomic E-state index is 0.102. The topological polar surface area (TPSA) is 47.5 Å². The Kier molecular flexibility index (Phi) is 5.27. The van der Waals surface area contributed by atoms with Crippen LogP contribution in [0.25, 0.3) is 0 Å². The molecule has 1 heterocycles. The van der Waals surface area contributed by atoms with Gasteiger partial charge in [-0.15, -0.1) is 0 Å². The summed E-state index contributed by atoms with van der Waals surface area (Å²) < 4.78 is 55.7. The van der Waals surface area contributed by atoms with Crippen molar-refractivity contribution in [2.45, 2.75) is 6.54 Å². The molecule has 2 aromatic carbocycles. The lowest BCUT2D eigenvalue weighted by molar-refractivity contribution is 0.391. The van der Waals surface area contributed by atoms with Crippen LogP contribution in [0.5, 0.6) is 11.5 Å². The molecule has 0 saturated heterocycles. The molecule has 3 aromatic rings. The van der Waals surface area contributed by atoms with Crippen LogP contribution in [0.1, 0.15) is 5.56 Å². The van der Waals surface area contributed by atoms with E-state index in [0.717, 1.165) is 17.6 Å². The maximum absolute atomic E-state index is 14.3. The van der Waals surface area contributed by atoms with Gasteiger partial charge in [0.1, 0.15) is 23.6 Å². The number of rotatable bonds is 6. The fourth-order valence-corrected chi connectivity index (χ4v) is 2.96. The third kappa shape index (κ3) is 3.57. The van der Waals surface area contributed by atoms with E-state index in [1.807, 2.05) is 0 Å². The highest BCUT2D eigenvalue weighted by atomic mass is 32.1. The van der Waals surface area contributed by atoms with Crippen LogP contribution in [0.3, 0.4) is 0 Å². The lowest BCUT2D eigenvalue weighted by atomic mass is 10.1. The van der Waals surface area contributed by atoms with Gasteiger partial charge in [0.15, 0.2) is 11.6 Å². The highest BCUT2D eigenvalue weighted by Gasteiger charge is 2.21. The second-order valence-corrected chi connectivity index (χ2v) is 5.96. The number of ether oxygens (including phenoxy) is 2. The van der Waals surface area contributed by atoms with Gasteiger partial charge < -0.3 is 14.4 Å². The van der Waals surface area contributed by atoms with Gasteiger partial charge >= 0.3 is 0 Å². The van der Waals surface area contributed by atoms with Gasteiger partial charge in [0, 0.05) is 35.3 Å². The monoisotopic (exact) mass is 381 g/mol. The van der Waals surface area contributed by atoms with E-state index < -0.39 is 17.5 Å². The standard InChI is InChI=1S/C17H14F3N3O2S/c1-24-11-4-3-10(16(5-11)25-2)8-23(17-21-9-22-26-17)15-7-13(19)12(18)6-14(15)20/h3-7,9H,8H2,1-2H3. The number of methoxy groups -OCH3 is 2. The molecule has 0 fully saturated rings. The molecule has 9 heteroatoms. The Morgan fingerprint density at radius 2 is 1.77 bits per heavy atom. The van der Waals surface area contributed by atoms with Crippen LogP contribution in [0.4, 0.5) is 24.0 Å². The lowest BCUT2D eigenvalue weighted by Gasteiger charge is -2.23. The third-order valence-corrected chi connectivity index (χ3v) is 4.37. The molecular weight excluding hydrogens is 367 g/mol. The second-order valence-electron chi connectivity index (χ2n) is 5.21. The maximum Gasteiger partial charge on any atom is 0.209 e. The first-order valence-electron chi connectivity index (χ1n) is 7.43. The first-order chi connectivity index (χ1) is 12.5. The quantitative estimate of drug-likeness (QED) is 0.596. The lowest BCUT2D eigenvalue weighted by Crippen LogP contribution is -2.18. The summed E-state index contributed by atoms with van der Waals surface area (Å²) in [6.45, 7) is 0.102. The minimum atomic E-state index is -1.26. The van der Waals surface area contributed by atoms with E-state index in [1.54, 1.807) is 18.2 Å². The molecule has 5 nitrogen and oxygen atoms in total. The molecular formula is C17H14F3N3O2S. The zero-order valence-corrected chi connectivity index (χ0v) is 14.7. The summed E-state index contributed by atoms with van der Waals surface area (Å²) in [4.78, 5) is 5.46. The van der Waals surface area contributed by atoms with E-state index in [9.17, 15) is 13.2 Å². The summed E-state index contributed by atoms with van der Waals surface area (Å²) >= 11 is 1.00. The van der Waals surface area contributed by atoms with Gasteiger partial charge in [-0.25, -0.2) is 18.2 Å². The van der Waals surface area contributed by atoms with Crippen molar-refractivity contribution in [2.24, 2.45) is 0 Å². The van der Waals surface area contributed by atoms with E-state index in [2.05, 4.69) is 9.36 Å². The van der Waals surface area contributed by atoms with Crippen molar-refractivity contribution in [1.82, 2.24) is 9.36 Å². The van der Waals surface area contributed by atoms with Gasteiger partial charge in [-0.3, -0.25) is 0 Å². The molecule has 26 heavy (non-hydrogen) atoms. The first-order valence-corrected chi connectivity index (χ1v) is 8.20. The van der Waals surface area contributed by atoms with Gasteiger partial charge in [-0.05, 0) is 12.1 Å². The van der Waals surface area contributed by atoms with Gasteiger partial charge in [-0.2, -0.15) is 4.37 Å². The molecule has 1 aromatic heterocycles. The van der Waals surface area contributed by atoms with Crippen molar-refractivity contribution in [1.29, 1.82) is 0 Å². The van der Waals surface area contributed by atoms with Crippen LogP contribution in [-0.2, 0) is 6.54 Å². The molecule has 0 radical (unpaired) electrons. The number of hydrogen-bond acceptors (Lipinski definition) is 6. The first kappa shape index (κ1) is 18.0. The SMILES string of the molecule is COc1ccc(CN(c2ncns2)c2cc(F)c(F)cc2F)c(OC)c1. The molecule has 0 aliphatic heterocycles. The average Bonchev–Trinajstić information content (AvgIpc) is 3.17. The fraction of sp³-hybridized carbons (Fsp3) is 0.176. The number of benzene rings is 2. The summed E-state index contributed by atoms with van der Waals surface area (Å²) in [7, 11) is 3.02. The Bertz CT molecular complexity index is 907. The van der Waals surface area contributed by atoms with Gasteiger partial charge in [0.2, 0.25) is 5.13 Å². The molecule has 0 unspecified atom stereocenters. The predicted octanol–water partition coefficient (Wildman–Crippen LogP) is 4.31. The summed E-state index contributed by atoms with van der Waals surface area (Å²) in [5.41, 5.74) is 0.520. The average molecular weight is 381 g/mol. The van der Waals surface area contributed by atoms with E-state index >= 15 is 0 Å². The van der Waals surface area contributed by atoms with Crippen molar-refractivity contribution in [2.75, 3.05) is 19.1 Å². The van der Waals surface area contributed by atoms with Gasteiger partial charge in [-0.1, -0.05) is 0 Å². The molecule has 0 atom stereocenters. The van der Waals surface area contributed by atoms with E-state index in [1.165, 1.54) is 25.4 Å². The Balaban J connectivity index is 2.06. The Labute approximate surface area is 151 Å². The molecule has 0 saturated carbocycles. The molecule has 0 aliphatic rings. The highest BCUT2D eigenvalue weighted by molar-refractivity contribution is 7.09. The summed E-state index contributed by atoms with van der Waals surface area (Å²) in [5, 5.41) is 0.327. The van der Waals surface area contributed by atoms with Crippen molar-refractivity contribution < 1.29 is 22.6 Å². The second kappa shape index (κ2) is 7.61. The normalized spacial score (nSPS) is 10.7. The molecule has 0 amide bonds. The number of anilines is 2. The third-order valence-electron chi connectivity index (χ3n) is 3.68. The Hall–Kier alpha value is -2.81. The number of aromatic nitrogens is 2. The maximum atomic E-state index is 14.3. The fourth-order valence-electron chi connectivity index (χ4n) is 2.41. The zero-order chi connectivity index (χ0) is 18.7. The Morgan fingerprint density at radius 3 is 2.42 bits per heavy atom. The highest BCUT2D eigenvalue weighted by Crippen LogP contribution is 2.34. The zero-order valence-electron chi connectivity index (χ0n) is 13.9. The molecule has 0 spiro atoms. The summed E-state index contributed by atoms with van der Waals surface area (Å²) in [6.07, 6.45) is 1.30. The van der Waals surface area contributed by atoms with Crippen molar-refractivity contribution in [3.63, 3.8) is 0 Å². The smallest absolute Gasteiger partial charge is 0.209 e. The number of hydrogen-bond donors (Lipinski definition) is 0. The minimum Gasteiger partial charge on any atom is -0.497 e. The summed E-state index contributed by atoms with van der Waals surface area (Å²) in [6, 6.07) is 6.43. The molecule has 0 aliphatic carbocycles. The molecule has 0 bridgehead atoms. The largest absolute Gasteiger partial charge is 0.497 e. The number of halogens is 3. The van der Waals surface area contributed by atoms with Crippen LogP contribution in [-0.4, -0.2) is 23.6 Å².